The van der Waals surface area contributed by atoms with Gasteiger partial charge in [0.05, 0.1) is 4.90 Å². The van der Waals surface area contributed by atoms with Crippen molar-refractivity contribution in [1.29, 1.82) is 0 Å². The third-order valence-corrected chi connectivity index (χ3v) is 6.67. The summed E-state index contributed by atoms with van der Waals surface area (Å²) in [5.74, 6) is 0.765. The molecule has 2 rings (SSSR count). The highest BCUT2D eigenvalue weighted by atomic mass is 32.2. The molecule has 0 radical (unpaired) electrons. The summed E-state index contributed by atoms with van der Waals surface area (Å²) in [5, 5.41) is 0. The summed E-state index contributed by atoms with van der Waals surface area (Å²) in [5.41, 5.74) is 6.50. The Morgan fingerprint density at radius 3 is 2.19 bits per heavy atom. The van der Waals surface area contributed by atoms with Gasteiger partial charge in [0.15, 0.2) is 0 Å². The van der Waals surface area contributed by atoms with E-state index in [2.05, 4.69) is 6.92 Å². The van der Waals surface area contributed by atoms with Crippen molar-refractivity contribution in [3.05, 3.63) is 29.8 Å². The van der Waals surface area contributed by atoms with Gasteiger partial charge in [-0.15, -0.1) is 0 Å². The monoisotopic (exact) mass is 310 g/mol. The Labute approximate surface area is 128 Å². The lowest BCUT2D eigenvalue weighted by molar-refractivity contribution is 0.233. The summed E-state index contributed by atoms with van der Waals surface area (Å²) in [4.78, 5) is 0.361. The Morgan fingerprint density at radius 1 is 1.14 bits per heavy atom. The van der Waals surface area contributed by atoms with Gasteiger partial charge in [-0.2, -0.15) is 4.31 Å². The molecule has 0 bridgehead atoms. The van der Waals surface area contributed by atoms with Crippen LogP contribution in [0.2, 0.25) is 0 Å². The van der Waals surface area contributed by atoms with Gasteiger partial charge in [-0.05, 0) is 49.3 Å². The Bertz CT molecular complexity index is 546. The van der Waals surface area contributed by atoms with E-state index in [1.54, 1.807) is 35.6 Å². The molecule has 21 heavy (non-hydrogen) atoms. The van der Waals surface area contributed by atoms with Crippen molar-refractivity contribution in [2.75, 3.05) is 7.05 Å². The average Bonchev–Trinajstić information content (AvgIpc) is 2.54. The normalized spacial score (nSPS) is 23.4. The number of hydrogen-bond donors (Lipinski definition) is 1. The summed E-state index contributed by atoms with van der Waals surface area (Å²) in [6.07, 6.45) is 5.40. The van der Waals surface area contributed by atoms with Crippen LogP contribution in [0, 0.1) is 5.92 Å². The number of sulfonamides is 1. The molecule has 0 unspecified atom stereocenters. The fourth-order valence-corrected chi connectivity index (χ4v) is 4.49. The first-order valence-electron chi connectivity index (χ1n) is 7.76. The highest BCUT2D eigenvalue weighted by molar-refractivity contribution is 7.89. The molecule has 1 aromatic rings. The Morgan fingerprint density at radius 2 is 1.71 bits per heavy atom. The van der Waals surface area contributed by atoms with Crippen LogP contribution >= 0.6 is 0 Å². The van der Waals surface area contributed by atoms with Crippen LogP contribution in [-0.2, 0) is 16.6 Å². The van der Waals surface area contributed by atoms with Gasteiger partial charge < -0.3 is 5.73 Å². The van der Waals surface area contributed by atoms with E-state index >= 15 is 0 Å². The lowest BCUT2D eigenvalue weighted by atomic mass is 9.85. The second-order valence-corrected chi connectivity index (χ2v) is 7.95. The summed E-state index contributed by atoms with van der Waals surface area (Å²) in [7, 11) is -1.68. The Hall–Kier alpha value is -0.910. The molecule has 0 heterocycles. The molecule has 0 saturated heterocycles. The molecule has 1 aliphatic carbocycles. The lowest BCUT2D eigenvalue weighted by Gasteiger charge is -2.33. The zero-order valence-electron chi connectivity index (χ0n) is 13.0. The van der Waals surface area contributed by atoms with E-state index in [0.29, 0.717) is 11.4 Å². The highest BCUT2D eigenvalue weighted by Crippen LogP contribution is 2.31. The van der Waals surface area contributed by atoms with Crippen molar-refractivity contribution < 1.29 is 8.42 Å². The molecule has 0 spiro atoms. The number of benzene rings is 1. The molecule has 0 aromatic heterocycles. The standard InChI is InChI=1S/C16H26N2O2S/c1-3-13-4-8-15(9-5-13)18(2)21(19,20)16-10-6-14(12-17)7-11-16/h6-7,10-11,13,15H,3-5,8-9,12,17H2,1-2H3. The summed E-state index contributed by atoms with van der Waals surface area (Å²) < 4.78 is 26.9. The molecule has 2 N–H and O–H groups in total. The fraction of sp³-hybridized carbons (Fsp3) is 0.625. The Kier molecular flexibility index (Phi) is 5.41. The number of nitrogens with zero attached hydrogens (tertiary/aromatic N) is 1. The van der Waals surface area contributed by atoms with Gasteiger partial charge in [-0.1, -0.05) is 25.5 Å². The quantitative estimate of drug-likeness (QED) is 0.909. The predicted molar refractivity (Wildman–Crippen MR) is 85.3 cm³/mol. The van der Waals surface area contributed by atoms with Crippen LogP contribution in [0.5, 0.6) is 0 Å². The van der Waals surface area contributed by atoms with E-state index in [4.69, 9.17) is 5.73 Å². The minimum Gasteiger partial charge on any atom is -0.326 e. The molecule has 1 aliphatic rings. The van der Waals surface area contributed by atoms with Gasteiger partial charge in [0.2, 0.25) is 10.0 Å². The highest BCUT2D eigenvalue weighted by Gasteiger charge is 2.30. The van der Waals surface area contributed by atoms with Crippen molar-refractivity contribution in [3.8, 4) is 0 Å². The molecular formula is C16H26N2O2S. The molecule has 1 aromatic carbocycles. The van der Waals surface area contributed by atoms with Gasteiger partial charge in [0.25, 0.3) is 0 Å². The molecule has 1 fully saturated rings. The van der Waals surface area contributed by atoms with Crippen LogP contribution in [0.1, 0.15) is 44.6 Å². The minimum atomic E-state index is -3.40. The van der Waals surface area contributed by atoms with Crippen molar-refractivity contribution in [2.24, 2.45) is 11.7 Å². The molecule has 0 amide bonds. The van der Waals surface area contributed by atoms with E-state index < -0.39 is 10.0 Å². The fourth-order valence-electron chi connectivity index (χ4n) is 3.08. The van der Waals surface area contributed by atoms with Crippen LogP contribution in [0.4, 0.5) is 0 Å². The van der Waals surface area contributed by atoms with E-state index in [9.17, 15) is 8.42 Å². The third kappa shape index (κ3) is 3.65. The first-order valence-corrected chi connectivity index (χ1v) is 9.20. The summed E-state index contributed by atoms with van der Waals surface area (Å²) >= 11 is 0. The van der Waals surface area contributed by atoms with Crippen molar-refractivity contribution in [3.63, 3.8) is 0 Å². The first-order chi connectivity index (χ1) is 9.98. The van der Waals surface area contributed by atoms with Gasteiger partial charge in [0.1, 0.15) is 0 Å². The maximum atomic E-state index is 12.7. The topological polar surface area (TPSA) is 63.4 Å². The summed E-state index contributed by atoms with van der Waals surface area (Å²) in [6, 6.07) is 7.02. The molecule has 4 nitrogen and oxygen atoms in total. The SMILES string of the molecule is CCC1CCC(N(C)S(=O)(=O)c2ccc(CN)cc2)CC1. The summed E-state index contributed by atoms with van der Waals surface area (Å²) in [6.45, 7) is 2.64. The maximum absolute atomic E-state index is 12.7. The van der Waals surface area contributed by atoms with Gasteiger partial charge in [-0.3, -0.25) is 0 Å². The maximum Gasteiger partial charge on any atom is 0.243 e. The van der Waals surface area contributed by atoms with Crippen LogP contribution in [-0.4, -0.2) is 25.8 Å². The predicted octanol–water partition coefficient (Wildman–Crippen LogP) is 2.73. The van der Waals surface area contributed by atoms with Crippen molar-refractivity contribution in [2.45, 2.75) is 56.5 Å². The van der Waals surface area contributed by atoms with Gasteiger partial charge >= 0.3 is 0 Å². The van der Waals surface area contributed by atoms with E-state index in [-0.39, 0.29) is 6.04 Å². The smallest absolute Gasteiger partial charge is 0.243 e. The van der Waals surface area contributed by atoms with Crippen molar-refractivity contribution >= 4 is 10.0 Å². The van der Waals surface area contributed by atoms with Crippen LogP contribution < -0.4 is 5.73 Å². The van der Waals surface area contributed by atoms with Crippen molar-refractivity contribution in [1.82, 2.24) is 4.31 Å². The zero-order valence-corrected chi connectivity index (χ0v) is 13.8. The largest absolute Gasteiger partial charge is 0.326 e. The van der Waals surface area contributed by atoms with E-state index in [0.717, 1.165) is 37.2 Å². The Balaban J connectivity index is 2.11. The van der Waals surface area contributed by atoms with E-state index in [1.807, 2.05) is 0 Å². The first kappa shape index (κ1) is 16.5. The van der Waals surface area contributed by atoms with Crippen LogP contribution in [0.15, 0.2) is 29.2 Å². The molecule has 5 heteroatoms. The number of hydrogen-bond acceptors (Lipinski definition) is 3. The molecular weight excluding hydrogens is 284 g/mol. The second-order valence-electron chi connectivity index (χ2n) is 5.95. The zero-order chi connectivity index (χ0) is 15.5. The second kappa shape index (κ2) is 6.90. The number of nitrogens with two attached hydrogens (primary N) is 1. The third-order valence-electron chi connectivity index (χ3n) is 4.74. The van der Waals surface area contributed by atoms with Crippen LogP contribution in [0.3, 0.4) is 0 Å². The molecule has 1 saturated carbocycles. The van der Waals surface area contributed by atoms with Gasteiger partial charge in [0, 0.05) is 19.6 Å². The lowest BCUT2D eigenvalue weighted by Crippen LogP contribution is -2.39. The minimum absolute atomic E-state index is 0.131. The molecule has 0 atom stereocenters. The van der Waals surface area contributed by atoms with E-state index in [1.165, 1.54) is 6.42 Å². The number of rotatable bonds is 5. The molecule has 0 aliphatic heterocycles. The average molecular weight is 310 g/mol. The molecule has 118 valence electrons. The van der Waals surface area contributed by atoms with Gasteiger partial charge in [-0.25, -0.2) is 8.42 Å². The van der Waals surface area contributed by atoms with Crippen LogP contribution in [0.25, 0.3) is 0 Å².